The summed E-state index contributed by atoms with van der Waals surface area (Å²) in [5, 5.41) is 9.22. The second kappa shape index (κ2) is 4.77. The van der Waals surface area contributed by atoms with Crippen LogP contribution in [0, 0.1) is 5.41 Å². The lowest BCUT2D eigenvalue weighted by Crippen LogP contribution is -2.52. The van der Waals surface area contributed by atoms with Gasteiger partial charge in [0.25, 0.3) is 0 Å². The van der Waals surface area contributed by atoms with Crippen molar-refractivity contribution in [2.24, 2.45) is 5.41 Å². The average Bonchev–Trinajstić information content (AvgIpc) is 2.71. The summed E-state index contributed by atoms with van der Waals surface area (Å²) in [5.41, 5.74) is -0.0432. The fourth-order valence-corrected chi connectivity index (χ4v) is 3.29. The Morgan fingerprint density at radius 3 is 2.18 bits per heavy atom. The summed E-state index contributed by atoms with van der Waals surface area (Å²) < 4.78 is 0. The Balaban J connectivity index is 2.13. The molecule has 17 heavy (non-hydrogen) atoms. The first-order valence-corrected chi connectivity index (χ1v) is 6.57. The maximum absolute atomic E-state index is 12.1. The van der Waals surface area contributed by atoms with Crippen LogP contribution < -0.4 is 0 Å². The van der Waals surface area contributed by atoms with Crippen molar-refractivity contribution in [2.45, 2.75) is 57.9 Å². The highest BCUT2D eigenvalue weighted by Crippen LogP contribution is 2.47. The third-order valence-corrected chi connectivity index (χ3v) is 4.30. The SMILES string of the molecule is CCC(CO)N1C(=O)CC2(CCCC2)CC1=O. The molecule has 96 valence electrons. The lowest BCUT2D eigenvalue weighted by Gasteiger charge is -2.40. The van der Waals surface area contributed by atoms with E-state index in [0.29, 0.717) is 19.3 Å². The molecule has 2 fully saturated rings. The van der Waals surface area contributed by atoms with E-state index in [1.54, 1.807) is 0 Å². The normalized spacial score (nSPS) is 25.6. The first-order chi connectivity index (χ1) is 8.12. The van der Waals surface area contributed by atoms with Gasteiger partial charge in [-0.1, -0.05) is 19.8 Å². The van der Waals surface area contributed by atoms with E-state index >= 15 is 0 Å². The largest absolute Gasteiger partial charge is 0.394 e. The molecule has 1 atom stereocenters. The molecule has 2 aliphatic rings. The molecule has 1 saturated carbocycles. The lowest BCUT2D eigenvalue weighted by atomic mass is 9.76. The molecule has 1 N–H and O–H groups in total. The molecular weight excluding hydrogens is 218 g/mol. The number of likely N-dealkylation sites (tertiary alicyclic amines) is 1. The van der Waals surface area contributed by atoms with Gasteiger partial charge in [-0.3, -0.25) is 14.5 Å². The molecular formula is C13H21NO3. The second-order valence-electron chi connectivity index (χ2n) is 5.46. The molecule has 1 aliphatic heterocycles. The zero-order chi connectivity index (χ0) is 12.5. The minimum Gasteiger partial charge on any atom is -0.394 e. The smallest absolute Gasteiger partial charge is 0.230 e. The van der Waals surface area contributed by atoms with Gasteiger partial charge in [0.15, 0.2) is 0 Å². The van der Waals surface area contributed by atoms with Gasteiger partial charge in [0, 0.05) is 12.8 Å². The molecule has 1 saturated heterocycles. The van der Waals surface area contributed by atoms with Crippen molar-refractivity contribution >= 4 is 11.8 Å². The number of aliphatic hydroxyl groups is 1. The Kier molecular flexibility index (Phi) is 3.52. The molecule has 2 amide bonds. The monoisotopic (exact) mass is 239 g/mol. The van der Waals surface area contributed by atoms with Crippen LogP contribution in [0.4, 0.5) is 0 Å². The number of imide groups is 1. The maximum Gasteiger partial charge on any atom is 0.230 e. The van der Waals surface area contributed by atoms with E-state index in [1.807, 2.05) is 6.92 Å². The Labute approximate surface area is 102 Å². The summed E-state index contributed by atoms with van der Waals surface area (Å²) in [7, 11) is 0. The first kappa shape index (κ1) is 12.6. The van der Waals surface area contributed by atoms with Gasteiger partial charge in [0.2, 0.25) is 11.8 Å². The summed E-state index contributed by atoms with van der Waals surface area (Å²) in [6.07, 6.45) is 5.91. The summed E-state index contributed by atoms with van der Waals surface area (Å²) in [4.78, 5) is 25.5. The van der Waals surface area contributed by atoms with E-state index < -0.39 is 0 Å². The third-order valence-electron chi connectivity index (χ3n) is 4.30. The van der Waals surface area contributed by atoms with Gasteiger partial charge in [-0.2, -0.15) is 0 Å². The Morgan fingerprint density at radius 2 is 1.76 bits per heavy atom. The summed E-state index contributed by atoms with van der Waals surface area (Å²) >= 11 is 0. The van der Waals surface area contributed by atoms with E-state index in [2.05, 4.69) is 0 Å². The Hall–Kier alpha value is -0.900. The van der Waals surface area contributed by atoms with Gasteiger partial charge < -0.3 is 5.11 Å². The van der Waals surface area contributed by atoms with Gasteiger partial charge in [0.05, 0.1) is 12.6 Å². The van der Waals surface area contributed by atoms with Crippen molar-refractivity contribution in [3.05, 3.63) is 0 Å². The molecule has 4 heteroatoms. The highest BCUT2D eigenvalue weighted by atomic mass is 16.3. The minimum atomic E-state index is -0.325. The van der Waals surface area contributed by atoms with Crippen LogP contribution in [-0.2, 0) is 9.59 Å². The van der Waals surface area contributed by atoms with Crippen molar-refractivity contribution in [2.75, 3.05) is 6.61 Å². The number of hydrogen-bond donors (Lipinski definition) is 1. The highest BCUT2D eigenvalue weighted by molar-refractivity contribution is 5.99. The standard InChI is InChI=1S/C13H21NO3/c1-2-10(9-15)14-11(16)7-13(8-12(14)17)5-3-4-6-13/h10,15H,2-9H2,1H3. The fraction of sp³-hybridized carbons (Fsp3) is 0.846. The number of aliphatic hydroxyl groups excluding tert-OH is 1. The Bertz CT molecular complexity index is 297. The van der Waals surface area contributed by atoms with E-state index in [9.17, 15) is 14.7 Å². The average molecular weight is 239 g/mol. The van der Waals surface area contributed by atoms with E-state index in [0.717, 1.165) is 25.7 Å². The van der Waals surface area contributed by atoms with Crippen LogP contribution in [0.3, 0.4) is 0 Å². The highest BCUT2D eigenvalue weighted by Gasteiger charge is 2.46. The van der Waals surface area contributed by atoms with E-state index in [4.69, 9.17) is 0 Å². The molecule has 1 unspecified atom stereocenters. The van der Waals surface area contributed by atoms with Crippen LogP contribution in [0.25, 0.3) is 0 Å². The summed E-state index contributed by atoms with van der Waals surface area (Å²) in [6.45, 7) is 1.77. The molecule has 1 heterocycles. The van der Waals surface area contributed by atoms with Crippen molar-refractivity contribution in [1.82, 2.24) is 4.90 Å². The predicted molar refractivity (Wildman–Crippen MR) is 63.2 cm³/mol. The minimum absolute atomic E-state index is 0.0432. The first-order valence-electron chi connectivity index (χ1n) is 6.57. The van der Waals surface area contributed by atoms with Gasteiger partial charge in [0.1, 0.15) is 0 Å². The molecule has 0 bridgehead atoms. The Morgan fingerprint density at radius 1 is 1.24 bits per heavy atom. The number of nitrogens with zero attached hydrogens (tertiary/aromatic N) is 1. The second-order valence-corrected chi connectivity index (χ2v) is 5.46. The van der Waals surface area contributed by atoms with Crippen LogP contribution in [0.2, 0.25) is 0 Å². The summed E-state index contributed by atoms with van der Waals surface area (Å²) in [6, 6.07) is -0.325. The molecule has 1 aliphatic carbocycles. The van der Waals surface area contributed by atoms with Crippen molar-refractivity contribution < 1.29 is 14.7 Å². The molecule has 4 nitrogen and oxygen atoms in total. The number of rotatable bonds is 3. The van der Waals surface area contributed by atoms with Crippen molar-refractivity contribution in [1.29, 1.82) is 0 Å². The predicted octanol–water partition coefficient (Wildman–Crippen LogP) is 1.47. The number of piperidine rings is 1. The molecule has 0 aromatic heterocycles. The van der Waals surface area contributed by atoms with Crippen LogP contribution >= 0.6 is 0 Å². The van der Waals surface area contributed by atoms with Gasteiger partial charge >= 0.3 is 0 Å². The van der Waals surface area contributed by atoms with Gasteiger partial charge in [-0.05, 0) is 24.7 Å². The summed E-state index contributed by atoms with van der Waals surface area (Å²) in [5.74, 6) is -0.159. The molecule has 2 rings (SSSR count). The zero-order valence-electron chi connectivity index (χ0n) is 10.4. The number of carbonyl (C=O) groups excluding carboxylic acids is 2. The molecule has 1 spiro atoms. The van der Waals surface area contributed by atoms with E-state index in [1.165, 1.54) is 4.90 Å². The van der Waals surface area contributed by atoms with E-state index in [-0.39, 0.29) is 29.9 Å². The molecule has 0 aromatic rings. The van der Waals surface area contributed by atoms with Crippen molar-refractivity contribution in [3.8, 4) is 0 Å². The van der Waals surface area contributed by atoms with Crippen LogP contribution in [0.5, 0.6) is 0 Å². The third kappa shape index (κ3) is 2.23. The fourth-order valence-electron chi connectivity index (χ4n) is 3.29. The number of amides is 2. The molecule has 0 aromatic carbocycles. The number of carbonyl (C=O) groups is 2. The molecule has 0 radical (unpaired) electrons. The van der Waals surface area contributed by atoms with Crippen LogP contribution in [0.1, 0.15) is 51.9 Å². The van der Waals surface area contributed by atoms with Crippen LogP contribution in [-0.4, -0.2) is 34.5 Å². The van der Waals surface area contributed by atoms with Gasteiger partial charge in [-0.15, -0.1) is 0 Å². The maximum atomic E-state index is 12.1. The van der Waals surface area contributed by atoms with Crippen molar-refractivity contribution in [3.63, 3.8) is 0 Å². The van der Waals surface area contributed by atoms with Gasteiger partial charge in [-0.25, -0.2) is 0 Å². The number of hydrogen-bond acceptors (Lipinski definition) is 3. The zero-order valence-corrected chi connectivity index (χ0v) is 10.4. The lowest BCUT2D eigenvalue weighted by molar-refractivity contribution is -0.157. The topological polar surface area (TPSA) is 57.6 Å². The van der Waals surface area contributed by atoms with Crippen LogP contribution in [0.15, 0.2) is 0 Å². The quantitative estimate of drug-likeness (QED) is 0.759.